The number of piperidine rings is 1. The van der Waals surface area contributed by atoms with Crippen LogP contribution in [0.3, 0.4) is 0 Å². The Morgan fingerprint density at radius 3 is 3.10 bits per heavy atom. The normalized spacial score (nSPS) is 18.6. The van der Waals surface area contributed by atoms with E-state index in [2.05, 4.69) is 32.7 Å². The molecule has 0 bridgehead atoms. The molecule has 2 heterocycles. The van der Waals surface area contributed by atoms with Crippen LogP contribution in [0.2, 0.25) is 0 Å². The minimum atomic E-state index is -0.250. The van der Waals surface area contributed by atoms with Crippen molar-refractivity contribution in [2.75, 3.05) is 37.0 Å². The average molecular weight is 313 g/mol. The SMILES string of the molecule is COCCCNC(=O)Nc1nnc(N2CCCC[C@H]2C)s1. The first-order chi connectivity index (χ1) is 10.2. The Morgan fingerprint density at radius 1 is 1.48 bits per heavy atom. The summed E-state index contributed by atoms with van der Waals surface area (Å²) < 4.78 is 4.92. The largest absolute Gasteiger partial charge is 0.385 e. The molecule has 0 unspecified atom stereocenters. The first-order valence-corrected chi connectivity index (χ1v) is 8.16. The molecule has 8 heteroatoms. The fraction of sp³-hybridized carbons (Fsp3) is 0.769. The lowest BCUT2D eigenvalue weighted by Crippen LogP contribution is -2.37. The number of aromatic nitrogens is 2. The minimum Gasteiger partial charge on any atom is -0.385 e. The lowest BCUT2D eigenvalue weighted by Gasteiger charge is -2.32. The number of amides is 2. The highest BCUT2D eigenvalue weighted by Crippen LogP contribution is 2.29. The van der Waals surface area contributed by atoms with Gasteiger partial charge in [-0.25, -0.2) is 4.79 Å². The fourth-order valence-corrected chi connectivity index (χ4v) is 3.19. The Hall–Kier alpha value is -1.41. The van der Waals surface area contributed by atoms with Crippen molar-refractivity contribution in [3.8, 4) is 0 Å². The number of carbonyl (C=O) groups excluding carboxylic acids is 1. The van der Waals surface area contributed by atoms with Crippen molar-refractivity contribution in [1.82, 2.24) is 15.5 Å². The Balaban J connectivity index is 1.81. The maximum absolute atomic E-state index is 11.7. The highest BCUT2D eigenvalue weighted by molar-refractivity contribution is 7.19. The summed E-state index contributed by atoms with van der Waals surface area (Å²) in [5.74, 6) is 0. The van der Waals surface area contributed by atoms with E-state index >= 15 is 0 Å². The number of ether oxygens (including phenoxy) is 1. The van der Waals surface area contributed by atoms with Crippen molar-refractivity contribution in [2.24, 2.45) is 0 Å². The first kappa shape index (κ1) is 16.0. The standard InChI is InChI=1S/C13H23N5O2S/c1-10-6-3-4-8-18(10)13-17-16-12(21-13)15-11(19)14-7-5-9-20-2/h10H,3-9H2,1-2H3,(H2,14,15,16,19)/t10-/m1/s1. The zero-order valence-corrected chi connectivity index (χ0v) is 13.4. The predicted octanol–water partition coefficient (Wildman–Crippen LogP) is 2.07. The van der Waals surface area contributed by atoms with E-state index in [1.165, 1.54) is 30.6 Å². The third-order valence-electron chi connectivity index (χ3n) is 3.49. The van der Waals surface area contributed by atoms with Gasteiger partial charge in [0.2, 0.25) is 10.3 Å². The van der Waals surface area contributed by atoms with Crippen molar-refractivity contribution in [2.45, 2.75) is 38.6 Å². The average Bonchev–Trinajstić information content (AvgIpc) is 2.92. The van der Waals surface area contributed by atoms with Crippen molar-refractivity contribution >= 4 is 27.6 Å². The monoisotopic (exact) mass is 313 g/mol. The molecule has 0 aliphatic carbocycles. The van der Waals surface area contributed by atoms with Gasteiger partial charge in [0.15, 0.2) is 0 Å². The van der Waals surface area contributed by atoms with Crippen LogP contribution in [0.25, 0.3) is 0 Å². The summed E-state index contributed by atoms with van der Waals surface area (Å²) in [6, 6.07) is 0.239. The maximum atomic E-state index is 11.7. The molecule has 2 N–H and O–H groups in total. The molecule has 21 heavy (non-hydrogen) atoms. The van der Waals surface area contributed by atoms with E-state index in [0.29, 0.717) is 24.3 Å². The summed E-state index contributed by atoms with van der Waals surface area (Å²) in [7, 11) is 1.64. The van der Waals surface area contributed by atoms with E-state index in [4.69, 9.17) is 4.74 Å². The van der Waals surface area contributed by atoms with Gasteiger partial charge < -0.3 is 15.0 Å². The second-order valence-electron chi connectivity index (χ2n) is 5.16. The molecule has 1 aromatic rings. The summed E-state index contributed by atoms with van der Waals surface area (Å²) in [6.07, 6.45) is 4.43. The Labute approximate surface area is 129 Å². The molecular weight excluding hydrogens is 290 g/mol. The molecule has 7 nitrogen and oxygen atoms in total. The number of hydrogen-bond donors (Lipinski definition) is 2. The lowest BCUT2D eigenvalue weighted by molar-refractivity contribution is 0.194. The van der Waals surface area contributed by atoms with Gasteiger partial charge in [0.05, 0.1) is 0 Å². The highest BCUT2D eigenvalue weighted by atomic mass is 32.1. The van der Waals surface area contributed by atoms with Gasteiger partial charge in [-0.15, -0.1) is 10.2 Å². The number of hydrogen-bond acceptors (Lipinski definition) is 6. The van der Waals surface area contributed by atoms with Crippen LogP contribution in [-0.4, -0.2) is 49.1 Å². The zero-order chi connectivity index (χ0) is 15.1. The molecule has 0 saturated carbocycles. The van der Waals surface area contributed by atoms with Crippen molar-refractivity contribution in [1.29, 1.82) is 0 Å². The summed E-state index contributed by atoms with van der Waals surface area (Å²) in [4.78, 5) is 14.0. The van der Waals surface area contributed by atoms with Gasteiger partial charge in [0, 0.05) is 32.8 Å². The van der Waals surface area contributed by atoms with Crippen LogP contribution in [0.4, 0.5) is 15.1 Å². The molecule has 0 radical (unpaired) electrons. The number of urea groups is 1. The second kappa shape index (κ2) is 8.14. The van der Waals surface area contributed by atoms with Gasteiger partial charge in [0.25, 0.3) is 0 Å². The third kappa shape index (κ3) is 4.82. The minimum absolute atomic E-state index is 0.250. The fourth-order valence-electron chi connectivity index (χ4n) is 2.32. The van der Waals surface area contributed by atoms with Crippen LogP contribution < -0.4 is 15.5 Å². The van der Waals surface area contributed by atoms with Gasteiger partial charge in [-0.05, 0) is 32.6 Å². The summed E-state index contributed by atoms with van der Waals surface area (Å²) in [6.45, 7) is 4.43. The van der Waals surface area contributed by atoms with Gasteiger partial charge in [-0.1, -0.05) is 11.3 Å². The van der Waals surface area contributed by atoms with E-state index in [9.17, 15) is 4.79 Å². The Morgan fingerprint density at radius 2 is 2.33 bits per heavy atom. The quantitative estimate of drug-likeness (QED) is 0.786. The molecule has 2 amide bonds. The molecule has 1 saturated heterocycles. The van der Waals surface area contributed by atoms with Gasteiger partial charge >= 0.3 is 6.03 Å². The molecule has 1 fully saturated rings. The number of methoxy groups -OCH3 is 1. The summed E-state index contributed by atoms with van der Waals surface area (Å²) >= 11 is 1.42. The predicted molar refractivity (Wildman–Crippen MR) is 84.1 cm³/mol. The van der Waals surface area contributed by atoms with E-state index in [1.807, 2.05) is 0 Å². The number of rotatable bonds is 6. The molecule has 1 aliphatic rings. The van der Waals surface area contributed by atoms with Crippen LogP contribution in [0.1, 0.15) is 32.6 Å². The van der Waals surface area contributed by atoms with Crippen LogP contribution in [0, 0.1) is 0 Å². The molecule has 0 spiro atoms. The molecular formula is C13H23N5O2S. The van der Waals surface area contributed by atoms with E-state index in [1.54, 1.807) is 7.11 Å². The zero-order valence-electron chi connectivity index (χ0n) is 12.6. The number of carbonyl (C=O) groups is 1. The number of nitrogens with one attached hydrogen (secondary N) is 2. The molecule has 2 rings (SSSR count). The maximum Gasteiger partial charge on any atom is 0.321 e. The molecule has 1 atom stereocenters. The van der Waals surface area contributed by atoms with E-state index in [-0.39, 0.29) is 6.03 Å². The molecule has 1 aliphatic heterocycles. The van der Waals surface area contributed by atoms with Gasteiger partial charge in [0.1, 0.15) is 0 Å². The third-order valence-corrected chi connectivity index (χ3v) is 4.37. The van der Waals surface area contributed by atoms with Crippen molar-refractivity contribution in [3.05, 3.63) is 0 Å². The molecule has 0 aromatic carbocycles. The Kier molecular flexibility index (Phi) is 6.19. The number of nitrogens with zero attached hydrogens (tertiary/aromatic N) is 3. The highest BCUT2D eigenvalue weighted by Gasteiger charge is 2.22. The summed E-state index contributed by atoms with van der Waals surface area (Å²) in [5, 5.41) is 15.1. The molecule has 118 valence electrons. The number of anilines is 2. The van der Waals surface area contributed by atoms with Crippen molar-refractivity contribution < 1.29 is 9.53 Å². The lowest BCUT2D eigenvalue weighted by atomic mass is 10.1. The van der Waals surface area contributed by atoms with Gasteiger partial charge in [-0.3, -0.25) is 5.32 Å². The Bertz CT molecular complexity index is 454. The smallest absolute Gasteiger partial charge is 0.321 e. The van der Waals surface area contributed by atoms with Crippen LogP contribution in [0.15, 0.2) is 0 Å². The van der Waals surface area contributed by atoms with Gasteiger partial charge in [-0.2, -0.15) is 0 Å². The van der Waals surface area contributed by atoms with Crippen LogP contribution in [0.5, 0.6) is 0 Å². The van der Waals surface area contributed by atoms with Crippen LogP contribution in [-0.2, 0) is 4.74 Å². The topological polar surface area (TPSA) is 79.4 Å². The van der Waals surface area contributed by atoms with Crippen molar-refractivity contribution in [3.63, 3.8) is 0 Å². The first-order valence-electron chi connectivity index (χ1n) is 7.34. The van der Waals surface area contributed by atoms with Crippen LogP contribution >= 0.6 is 11.3 Å². The van der Waals surface area contributed by atoms with E-state index < -0.39 is 0 Å². The molecule has 1 aromatic heterocycles. The van der Waals surface area contributed by atoms with E-state index in [0.717, 1.165) is 18.1 Å². The second-order valence-corrected chi connectivity index (χ2v) is 6.11. The summed E-state index contributed by atoms with van der Waals surface area (Å²) in [5.41, 5.74) is 0.